The minimum atomic E-state index is -0.816. The molecule has 0 atom stereocenters. The molecule has 0 aromatic carbocycles. The van der Waals surface area contributed by atoms with Crippen molar-refractivity contribution >= 4 is 5.97 Å². The number of aliphatic carboxylic acids is 1. The molecule has 0 aliphatic carbocycles. The predicted octanol–water partition coefficient (Wildman–Crippen LogP) is 0.292. The molecule has 0 aliphatic rings. The molecule has 0 fully saturated rings. The second-order valence-electron chi connectivity index (χ2n) is 2.55. The van der Waals surface area contributed by atoms with Gasteiger partial charge in [0.05, 0.1) is 0 Å². The molecule has 0 amide bonds. The fraction of sp³-hybridized carbons (Fsp3) is 0.375. The predicted molar refractivity (Wildman–Crippen MR) is 44.8 cm³/mol. The Bertz CT molecular complexity index is 268. The first kappa shape index (κ1) is 8.80. The highest BCUT2D eigenvalue weighted by Gasteiger charge is 2.02. The zero-order valence-corrected chi connectivity index (χ0v) is 6.95. The fourth-order valence-corrected chi connectivity index (χ4v) is 1.09. The first-order valence-electron chi connectivity index (χ1n) is 3.74. The summed E-state index contributed by atoms with van der Waals surface area (Å²) in [5, 5.41) is 11.5. The van der Waals surface area contributed by atoms with Gasteiger partial charge in [0.1, 0.15) is 6.54 Å². The highest BCUT2D eigenvalue weighted by Crippen LogP contribution is 2.01. The Morgan fingerprint density at radius 1 is 1.75 bits per heavy atom. The summed E-state index contributed by atoms with van der Waals surface area (Å²) in [6.45, 7) is 0.726. The van der Waals surface area contributed by atoms with Crippen LogP contribution in [0.5, 0.6) is 0 Å². The standard InChI is InChI=1S/C8H12N2O2/c1-9-5-7-3-2-4-10(7)6-8(11)12/h2-4,9H,5-6H2,1H3,(H,11,12). The summed E-state index contributed by atoms with van der Waals surface area (Å²) in [6, 6.07) is 3.75. The number of rotatable bonds is 4. The molecule has 0 aliphatic heterocycles. The maximum absolute atomic E-state index is 10.4. The number of aromatic nitrogens is 1. The zero-order chi connectivity index (χ0) is 8.97. The smallest absolute Gasteiger partial charge is 0.323 e. The van der Waals surface area contributed by atoms with Crippen LogP contribution in [0.4, 0.5) is 0 Å². The second-order valence-corrected chi connectivity index (χ2v) is 2.55. The summed E-state index contributed by atoms with van der Waals surface area (Å²) in [7, 11) is 1.83. The minimum Gasteiger partial charge on any atom is -0.480 e. The maximum Gasteiger partial charge on any atom is 0.323 e. The van der Waals surface area contributed by atoms with E-state index in [9.17, 15) is 4.79 Å². The van der Waals surface area contributed by atoms with Gasteiger partial charge in [-0.3, -0.25) is 4.79 Å². The lowest BCUT2D eigenvalue weighted by atomic mass is 10.4. The second kappa shape index (κ2) is 3.92. The van der Waals surface area contributed by atoms with Crippen molar-refractivity contribution in [2.75, 3.05) is 7.05 Å². The van der Waals surface area contributed by atoms with Gasteiger partial charge in [-0.05, 0) is 19.2 Å². The first-order valence-corrected chi connectivity index (χ1v) is 3.74. The van der Waals surface area contributed by atoms with Crippen molar-refractivity contribution in [1.82, 2.24) is 9.88 Å². The lowest BCUT2D eigenvalue weighted by Gasteiger charge is -2.04. The molecule has 0 saturated carbocycles. The van der Waals surface area contributed by atoms with Gasteiger partial charge in [-0.25, -0.2) is 0 Å². The molecule has 0 bridgehead atoms. The van der Waals surface area contributed by atoms with E-state index in [2.05, 4.69) is 5.32 Å². The van der Waals surface area contributed by atoms with Crippen LogP contribution >= 0.6 is 0 Å². The van der Waals surface area contributed by atoms with E-state index in [1.165, 1.54) is 0 Å². The summed E-state index contributed by atoms with van der Waals surface area (Å²) in [5.41, 5.74) is 0.986. The van der Waals surface area contributed by atoms with Crippen LogP contribution in [0, 0.1) is 0 Å². The largest absolute Gasteiger partial charge is 0.480 e. The number of hydrogen-bond acceptors (Lipinski definition) is 2. The van der Waals surface area contributed by atoms with Gasteiger partial charge >= 0.3 is 5.97 Å². The fourth-order valence-electron chi connectivity index (χ4n) is 1.09. The van der Waals surface area contributed by atoms with Crippen molar-refractivity contribution < 1.29 is 9.90 Å². The highest BCUT2D eigenvalue weighted by molar-refractivity contribution is 5.66. The molecular weight excluding hydrogens is 156 g/mol. The van der Waals surface area contributed by atoms with Crippen molar-refractivity contribution in [1.29, 1.82) is 0 Å². The van der Waals surface area contributed by atoms with E-state index in [-0.39, 0.29) is 6.54 Å². The summed E-state index contributed by atoms with van der Waals surface area (Å²) < 4.78 is 1.71. The van der Waals surface area contributed by atoms with E-state index in [4.69, 9.17) is 5.11 Å². The molecule has 12 heavy (non-hydrogen) atoms. The van der Waals surface area contributed by atoms with E-state index < -0.39 is 5.97 Å². The van der Waals surface area contributed by atoms with Crippen LogP contribution in [0.1, 0.15) is 5.69 Å². The van der Waals surface area contributed by atoms with Crippen LogP contribution in [-0.4, -0.2) is 22.7 Å². The number of nitrogens with one attached hydrogen (secondary N) is 1. The third kappa shape index (κ3) is 2.10. The maximum atomic E-state index is 10.4. The van der Waals surface area contributed by atoms with Crippen molar-refractivity contribution in [2.45, 2.75) is 13.1 Å². The number of carboxylic acid groups (broad SMARTS) is 1. The van der Waals surface area contributed by atoms with Gasteiger partial charge in [0, 0.05) is 18.4 Å². The van der Waals surface area contributed by atoms with E-state index >= 15 is 0 Å². The van der Waals surface area contributed by atoms with E-state index in [0.29, 0.717) is 6.54 Å². The molecule has 0 radical (unpaired) electrons. The monoisotopic (exact) mass is 168 g/mol. The van der Waals surface area contributed by atoms with E-state index in [1.807, 2.05) is 19.2 Å². The van der Waals surface area contributed by atoms with E-state index in [1.54, 1.807) is 10.8 Å². The summed E-state index contributed by atoms with van der Waals surface area (Å²) >= 11 is 0. The number of carbonyl (C=O) groups is 1. The van der Waals surface area contributed by atoms with Gasteiger partial charge in [-0.1, -0.05) is 0 Å². The Morgan fingerprint density at radius 3 is 3.08 bits per heavy atom. The average Bonchev–Trinajstić information content (AvgIpc) is 2.37. The Morgan fingerprint density at radius 2 is 2.50 bits per heavy atom. The molecule has 1 aromatic heterocycles. The van der Waals surface area contributed by atoms with Crippen LogP contribution in [-0.2, 0) is 17.9 Å². The van der Waals surface area contributed by atoms with Gasteiger partial charge in [0.2, 0.25) is 0 Å². The normalized spacial score (nSPS) is 10.1. The Labute approximate surface area is 70.8 Å². The minimum absolute atomic E-state index is 0.0318. The van der Waals surface area contributed by atoms with Crippen molar-refractivity contribution in [2.24, 2.45) is 0 Å². The lowest BCUT2D eigenvalue weighted by Crippen LogP contribution is -2.14. The number of nitrogens with zero attached hydrogens (tertiary/aromatic N) is 1. The Balaban J connectivity index is 2.69. The molecule has 1 aromatic rings. The van der Waals surface area contributed by atoms with Gasteiger partial charge in [0.25, 0.3) is 0 Å². The van der Waals surface area contributed by atoms with Crippen LogP contribution in [0.2, 0.25) is 0 Å². The molecule has 0 unspecified atom stereocenters. The summed E-state index contributed by atoms with van der Waals surface area (Å²) in [5.74, 6) is -0.816. The SMILES string of the molecule is CNCc1cccn1CC(=O)O. The average molecular weight is 168 g/mol. The van der Waals surface area contributed by atoms with Gasteiger partial charge in [-0.2, -0.15) is 0 Å². The molecule has 1 rings (SSSR count). The van der Waals surface area contributed by atoms with Crippen molar-refractivity contribution in [3.05, 3.63) is 24.0 Å². The van der Waals surface area contributed by atoms with Crippen LogP contribution in [0.25, 0.3) is 0 Å². The quantitative estimate of drug-likeness (QED) is 0.679. The summed E-state index contributed by atoms with van der Waals surface area (Å²) in [6.07, 6.45) is 1.76. The molecule has 0 spiro atoms. The first-order chi connectivity index (χ1) is 5.74. The molecule has 0 saturated heterocycles. The lowest BCUT2D eigenvalue weighted by molar-refractivity contribution is -0.137. The molecule has 1 heterocycles. The molecule has 4 nitrogen and oxygen atoms in total. The molecule has 2 N–H and O–H groups in total. The molecule has 66 valence electrons. The highest BCUT2D eigenvalue weighted by atomic mass is 16.4. The molecule has 4 heteroatoms. The number of carboxylic acids is 1. The van der Waals surface area contributed by atoms with Crippen LogP contribution in [0.15, 0.2) is 18.3 Å². The Hall–Kier alpha value is -1.29. The van der Waals surface area contributed by atoms with Crippen molar-refractivity contribution in [3.63, 3.8) is 0 Å². The zero-order valence-electron chi connectivity index (χ0n) is 6.95. The van der Waals surface area contributed by atoms with Crippen LogP contribution < -0.4 is 5.32 Å². The summed E-state index contributed by atoms with van der Waals surface area (Å²) in [4.78, 5) is 10.4. The van der Waals surface area contributed by atoms with E-state index in [0.717, 1.165) is 5.69 Å². The topological polar surface area (TPSA) is 54.3 Å². The van der Waals surface area contributed by atoms with Crippen LogP contribution in [0.3, 0.4) is 0 Å². The van der Waals surface area contributed by atoms with Gasteiger partial charge < -0.3 is 15.0 Å². The van der Waals surface area contributed by atoms with Gasteiger partial charge in [-0.15, -0.1) is 0 Å². The Kier molecular flexibility index (Phi) is 2.88. The number of hydrogen-bond donors (Lipinski definition) is 2. The van der Waals surface area contributed by atoms with Gasteiger partial charge in [0.15, 0.2) is 0 Å². The third-order valence-electron chi connectivity index (χ3n) is 1.59. The third-order valence-corrected chi connectivity index (χ3v) is 1.59. The molecular formula is C8H12N2O2. The van der Waals surface area contributed by atoms with Crippen molar-refractivity contribution in [3.8, 4) is 0 Å².